The minimum Gasteiger partial charge on any atom is -0.496 e. The van der Waals surface area contributed by atoms with Crippen molar-refractivity contribution in [1.82, 2.24) is 15.1 Å². The van der Waals surface area contributed by atoms with E-state index >= 15 is 0 Å². The van der Waals surface area contributed by atoms with Crippen molar-refractivity contribution in [2.75, 3.05) is 47.4 Å². The lowest BCUT2D eigenvalue weighted by Gasteiger charge is -2.19. The third kappa shape index (κ3) is 4.62. The van der Waals surface area contributed by atoms with Crippen molar-refractivity contribution >= 4 is 22.6 Å². The summed E-state index contributed by atoms with van der Waals surface area (Å²) < 4.78 is 5.52. The lowest BCUT2D eigenvalue weighted by molar-refractivity contribution is -0.129. The molecule has 1 saturated heterocycles. The zero-order valence-corrected chi connectivity index (χ0v) is 16.9. The molecule has 2 aromatic carbocycles. The monoisotopic (exact) mass is 383 g/mol. The first-order valence-electron chi connectivity index (χ1n) is 9.74. The van der Waals surface area contributed by atoms with E-state index in [-0.39, 0.29) is 17.7 Å². The van der Waals surface area contributed by atoms with Gasteiger partial charge >= 0.3 is 0 Å². The van der Waals surface area contributed by atoms with Gasteiger partial charge in [0.25, 0.3) is 0 Å². The van der Waals surface area contributed by atoms with Crippen LogP contribution in [0.25, 0.3) is 10.8 Å². The predicted molar refractivity (Wildman–Crippen MR) is 110 cm³/mol. The maximum absolute atomic E-state index is 12.6. The maximum atomic E-state index is 12.6. The summed E-state index contributed by atoms with van der Waals surface area (Å²) in [7, 11) is 5.62. The Kier molecular flexibility index (Phi) is 6.52. The van der Waals surface area contributed by atoms with Gasteiger partial charge in [0.2, 0.25) is 11.8 Å². The summed E-state index contributed by atoms with van der Waals surface area (Å²) in [5, 5.41) is 5.31. The van der Waals surface area contributed by atoms with Crippen LogP contribution >= 0.6 is 0 Å². The number of hydrogen-bond acceptors (Lipinski definition) is 4. The van der Waals surface area contributed by atoms with Crippen molar-refractivity contribution in [2.24, 2.45) is 5.92 Å². The molecule has 2 amide bonds. The standard InChI is InChI=1S/C22H29N3O3/c1-24(2)12-13-25-15-17(14-21(25)26)22(27)23-11-10-19-18-7-5-4-6-16(18)8-9-20(19)28-3/h4-9,17H,10-15H2,1-3H3,(H,23,27)/t17-/m0/s1. The summed E-state index contributed by atoms with van der Waals surface area (Å²) in [6, 6.07) is 12.2. The molecule has 0 bridgehead atoms. The Labute approximate surface area is 166 Å². The Morgan fingerprint density at radius 3 is 2.79 bits per heavy atom. The van der Waals surface area contributed by atoms with Gasteiger partial charge in [-0.1, -0.05) is 30.3 Å². The van der Waals surface area contributed by atoms with Crippen molar-refractivity contribution in [1.29, 1.82) is 0 Å². The van der Waals surface area contributed by atoms with Crippen LogP contribution in [0, 0.1) is 5.92 Å². The van der Waals surface area contributed by atoms with Crippen LogP contribution in [0.4, 0.5) is 0 Å². The number of amides is 2. The quantitative estimate of drug-likeness (QED) is 0.757. The molecule has 1 aliphatic rings. The molecule has 1 N–H and O–H groups in total. The summed E-state index contributed by atoms with van der Waals surface area (Å²) in [5.74, 6) is 0.598. The highest BCUT2D eigenvalue weighted by molar-refractivity contribution is 5.90. The van der Waals surface area contributed by atoms with Crippen molar-refractivity contribution in [2.45, 2.75) is 12.8 Å². The molecule has 1 atom stereocenters. The average Bonchev–Trinajstić information content (AvgIpc) is 3.07. The van der Waals surface area contributed by atoms with Gasteiger partial charge < -0.3 is 19.9 Å². The highest BCUT2D eigenvalue weighted by Crippen LogP contribution is 2.28. The van der Waals surface area contributed by atoms with E-state index in [0.717, 1.165) is 28.6 Å². The number of likely N-dealkylation sites (tertiary alicyclic amines) is 1. The fraction of sp³-hybridized carbons (Fsp3) is 0.455. The Balaban J connectivity index is 1.58. The van der Waals surface area contributed by atoms with E-state index in [4.69, 9.17) is 4.74 Å². The molecule has 1 fully saturated rings. The molecule has 3 rings (SSSR count). The molecule has 6 heteroatoms. The topological polar surface area (TPSA) is 61.9 Å². The third-order valence-corrected chi connectivity index (χ3v) is 5.29. The summed E-state index contributed by atoms with van der Waals surface area (Å²) >= 11 is 0. The molecule has 0 aromatic heterocycles. The summed E-state index contributed by atoms with van der Waals surface area (Å²) in [4.78, 5) is 28.5. The third-order valence-electron chi connectivity index (χ3n) is 5.29. The number of hydrogen-bond donors (Lipinski definition) is 1. The number of nitrogens with zero attached hydrogens (tertiary/aromatic N) is 2. The Hall–Kier alpha value is -2.60. The molecule has 0 aliphatic carbocycles. The van der Waals surface area contributed by atoms with Gasteiger partial charge in [-0.25, -0.2) is 0 Å². The molecular weight excluding hydrogens is 354 g/mol. The zero-order valence-electron chi connectivity index (χ0n) is 16.9. The van der Waals surface area contributed by atoms with Crippen LogP contribution in [-0.2, 0) is 16.0 Å². The van der Waals surface area contributed by atoms with Gasteiger partial charge in [0.05, 0.1) is 13.0 Å². The van der Waals surface area contributed by atoms with Gasteiger partial charge in [-0.05, 0) is 37.4 Å². The van der Waals surface area contributed by atoms with Crippen LogP contribution in [0.3, 0.4) is 0 Å². The number of rotatable bonds is 8. The van der Waals surface area contributed by atoms with Gasteiger partial charge in [-0.2, -0.15) is 0 Å². The molecule has 0 saturated carbocycles. The Morgan fingerprint density at radius 2 is 2.04 bits per heavy atom. The molecule has 1 heterocycles. The minimum absolute atomic E-state index is 0.0418. The van der Waals surface area contributed by atoms with E-state index in [1.807, 2.05) is 43.3 Å². The molecular formula is C22H29N3O3. The van der Waals surface area contributed by atoms with Crippen molar-refractivity contribution in [3.8, 4) is 5.75 Å². The number of likely N-dealkylation sites (N-methyl/N-ethyl adjacent to an activating group) is 1. The normalized spacial score (nSPS) is 16.8. The van der Waals surface area contributed by atoms with E-state index in [0.29, 0.717) is 32.5 Å². The smallest absolute Gasteiger partial charge is 0.225 e. The van der Waals surface area contributed by atoms with E-state index in [2.05, 4.69) is 17.4 Å². The number of fused-ring (bicyclic) bond motifs is 1. The van der Waals surface area contributed by atoms with Crippen LogP contribution in [-0.4, -0.2) is 69.0 Å². The molecule has 0 radical (unpaired) electrons. The number of nitrogens with one attached hydrogen (secondary N) is 1. The molecule has 0 unspecified atom stereocenters. The number of ether oxygens (including phenoxy) is 1. The second-order valence-corrected chi connectivity index (χ2v) is 7.55. The van der Waals surface area contributed by atoms with Gasteiger partial charge in [-0.3, -0.25) is 9.59 Å². The highest BCUT2D eigenvalue weighted by Gasteiger charge is 2.33. The summed E-state index contributed by atoms with van der Waals surface area (Å²) in [6.07, 6.45) is 0.984. The number of benzene rings is 2. The fourth-order valence-corrected chi connectivity index (χ4v) is 3.70. The van der Waals surface area contributed by atoms with Crippen LogP contribution in [0.1, 0.15) is 12.0 Å². The predicted octanol–water partition coefficient (Wildman–Crippen LogP) is 1.92. The van der Waals surface area contributed by atoms with E-state index in [9.17, 15) is 9.59 Å². The zero-order chi connectivity index (χ0) is 20.1. The van der Waals surface area contributed by atoms with Crippen LogP contribution in [0.15, 0.2) is 36.4 Å². The summed E-state index contributed by atoms with van der Waals surface area (Å²) in [5.41, 5.74) is 1.09. The number of carbonyl (C=O) groups is 2. The van der Waals surface area contributed by atoms with Gasteiger partial charge in [0.15, 0.2) is 0 Å². The minimum atomic E-state index is -0.260. The molecule has 0 spiro atoms. The van der Waals surface area contributed by atoms with Crippen molar-refractivity contribution in [3.63, 3.8) is 0 Å². The van der Waals surface area contributed by atoms with Crippen molar-refractivity contribution < 1.29 is 14.3 Å². The van der Waals surface area contributed by atoms with Gasteiger partial charge in [-0.15, -0.1) is 0 Å². The second-order valence-electron chi connectivity index (χ2n) is 7.55. The molecule has 2 aromatic rings. The molecule has 6 nitrogen and oxygen atoms in total. The van der Waals surface area contributed by atoms with E-state index in [1.54, 1.807) is 12.0 Å². The van der Waals surface area contributed by atoms with Crippen LogP contribution in [0.5, 0.6) is 5.75 Å². The second kappa shape index (κ2) is 9.06. The summed E-state index contributed by atoms with van der Waals surface area (Å²) in [6.45, 7) is 2.51. The SMILES string of the molecule is COc1ccc2ccccc2c1CCNC(=O)[C@H]1CC(=O)N(CCN(C)C)C1. The maximum Gasteiger partial charge on any atom is 0.225 e. The van der Waals surface area contributed by atoms with Crippen molar-refractivity contribution in [3.05, 3.63) is 42.0 Å². The number of carbonyl (C=O) groups excluding carboxylic acids is 2. The largest absolute Gasteiger partial charge is 0.496 e. The van der Waals surface area contributed by atoms with E-state index in [1.165, 1.54) is 0 Å². The first-order valence-corrected chi connectivity index (χ1v) is 9.74. The van der Waals surface area contributed by atoms with Gasteiger partial charge in [0, 0.05) is 38.2 Å². The highest BCUT2D eigenvalue weighted by atomic mass is 16.5. The lowest BCUT2D eigenvalue weighted by Crippen LogP contribution is -2.36. The molecule has 28 heavy (non-hydrogen) atoms. The first kappa shape index (κ1) is 20.1. The fourth-order valence-electron chi connectivity index (χ4n) is 3.70. The molecule has 1 aliphatic heterocycles. The van der Waals surface area contributed by atoms with Crippen LogP contribution in [0.2, 0.25) is 0 Å². The number of methoxy groups -OCH3 is 1. The van der Waals surface area contributed by atoms with Crippen LogP contribution < -0.4 is 10.1 Å². The Bertz CT molecular complexity index is 850. The lowest BCUT2D eigenvalue weighted by atomic mass is 10.0. The molecule has 150 valence electrons. The van der Waals surface area contributed by atoms with E-state index < -0.39 is 0 Å². The first-order chi connectivity index (χ1) is 13.5. The average molecular weight is 383 g/mol. The van der Waals surface area contributed by atoms with Gasteiger partial charge in [0.1, 0.15) is 5.75 Å². The Morgan fingerprint density at radius 1 is 1.25 bits per heavy atom.